The van der Waals surface area contributed by atoms with E-state index in [0.717, 1.165) is 11.9 Å². The Kier molecular flexibility index (Phi) is 4.17. The Morgan fingerprint density at radius 1 is 1.39 bits per heavy atom. The molecule has 1 aliphatic rings. The van der Waals surface area contributed by atoms with Gasteiger partial charge in [-0.2, -0.15) is 0 Å². The standard InChI is InChI=1S/C13H15BO4/c1-2-3-10-8-17-14(18-9-10)12-6-4-11(5-7-12)13(15)16/h2,4-7,10H,1,3,8-9H2,(H,15,16). The van der Waals surface area contributed by atoms with Gasteiger partial charge in [-0.05, 0) is 24.0 Å². The van der Waals surface area contributed by atoms with E-state index in [-0.39, 0.29) is 5.56 Å². The molecule has 1 heterocycles. The van der Waals surface area contributed by atoms with E-state index in [1.54, 1.807) is 24.3 Å². The summed E-state index contributed by atoms with van der Waals surface area (Å²) in [5, 5.41) is 8.81. The molecule has 0 unspecified atom stereocenters. The summed E-state index contributed by atoms with van der Waals surface area (Å²) >= 11 is 0. The molecular weight excluding hydrogens is 231 g/mol. The van der Waals surface area contributed by atoms with E-state index >= 15 is 0 Å². The van der Waals surface area contributed by atoms with Gasteiger partial charge >= 0.3 is 13.1 Å². The van der Waals surface area contributed by atoms with E-state index in [1.165, 1.54) is 0 Å². The van der Waals surface area contributed by atoms with Crippen molar-refractivity contribution in [3.05, 3.63) is 42.5 Å². The third-order valence-electron chi connectivity index (χ3n) is 2.90. The molecule has 4 nitrogen and oxygen atoms in total. The van der Waals surface area contributed by atoms with Crippen LogP contribution in [0.15, 0.2) is 36.9 Å². The molecule has 18 heavy (non-hydrogen) atoms. The summed E-state index contributed by atoms with van der Waals surface area (Å²) in [6.45, 7) is 4.96. The first-order chi connectivity index (χ1) is 8.70. The molecule has 1 saturated heterocycles. The summed E-state index contributed by atoms with van der Waals surface area (Å²) in [5.41, 5.74) is 1.11. The quantitative estimate of drug-likeness (QED) is 0.643. The van der Waals surface area contributed by atoms with Gasteiger partial charge in [0.2, 0.25) is 0 Å². The maximum atomic E-state index is 10.7. The lowest BCUT2D eigenvalue weighted by molar-refractivity contribution is 0.0696. The highest BCUT2D eigenvalue weighted by molar-refractivity contribution is 6.61. The maximum absolute atomic E-state index is 10.7. The predicted molar refractivity (Wildman–Crippen MR) is 69.0 cm³/mol. The number of benzene rings is 1. The van der Waals surface area contributed by atoms with Crippen molar-refractivity contribution < 1.29 is 19.2 Å². The molecular formula is C13H15BO4. The van der Waals surface area contributed by atoms with E-state index in [9.17, 15) is 4.79 Å². The van der Waals surface area contributed by atoms with Crippen molar-refractivity contribution in [1.29, 1.82) is 0 Å². The fourth-order valence-corrected chi connectivity index (χ4v) is 1.89. The second kappa shape index (κ2) is 5.84. The van der Waals surface area contributed by atoms with Gasteiger partial charge in [-0.3, -0.25) is 0 Å². The minimum atomic E-state index is -0.932. The number of carbonyl (C=O) groups is 1. The van der Waals surface area contributed by atoms with Crippen LogP contribution < -0.4 is 5.46 Å². The van der Waals surface area contributed by atoms with Crippen LogP contribution in [0.4, 0.5) is 0 Å². The summed E-state index contributed by atoms with van der Waals surface area (Å²) in [7, 11) is -0.395. The Bertz CT molecular complexity index is 421. The number of allylic oxidation sites excluding steroid dienone is 1. The van der Waals surface area contributed by atoms with Gasteiger partial charge in [-0.1, -0.05) is 18.2 Å². The van der Waals surface area contributed by atoms with Crippen molar-refractivity contribution in [3.63, 3.8) is 0 Å². The number of aromatic carboxylic acids is 1. The average Bonchev–Trinajstić information content (AvgIpc) is 2.40. The molecule has 0 atom stereocenters. The van der Waals surface area contributed by atoms with E-state index < -0.39 is 13.1 Å². The molecule has 1 aliphatic heterocycles. The number of hydrogen-bond acceptors (Lipinski definition) is 3. The van der Waals surface area contributed by atoms with Gasteiger partial charge in [-0.15, -0.1) is 6.58 Å². The van der Waals surface area contributed by atoms with Gasteiger partial charge in [0.25, 0.3) is 0 Å². The van der Waals surface area contributed by atoms with Crippen molar-refractivity contribution in [1.82, 2.24) is 0 Å². The molecule has 1 aromatic carbocycles. The Labute approximate surface area is 106 Å². The van der Waals surface area contributed by atoms with Gasteiger partial charge in [0.05, 0.1) is 5.56 Å². The Morgan fingerprint density at radius 2 is 2.00 bits per heavy atom. The summed E-state index contributed by atoms with van der Waals surface area (Å²) in [4.78, 5) is 10.7. The van der Waals surface area contributed by atoms with E-state index in [4.69, 9.17) is 14.4 Å². The zero-order valence-corrected chi connectivity index (χ0v) is 10.0. The SMILES string of the molecule is C=CCC1COB(c2ccc(C(=O)O)cc2)OC1. The number of carboxylic acids is 1. The fourth-order valence-electron chi connectivity index (χ4n) is 1.89. The van der Waals surface area contributed by atoms with Crippen LogP contribution in [-0.2, 0) is 9.31 Å². The van der Waals surface area contributed by atoms with Crippen LogP contribution >= 0.6 is 0 Å². The molecule has 0 aromatic heterocycles. The molecule has 0 spiro atoms. The summed E-state index contributed by atoms with van der Waals surface area (Å²) in [6, 6.07) is 6.56. The van der Waals surface area contributed by atoms with Crippen LogP contribution in [0.3, 0.4) is 0 Å². The number of hydrogen-bond donors (Lipinski definition) is 1. The highest BCUT2D eigenvalue weighted by Gasteiger charge is 2.28. The lowest BCUT2D eigenvalue weighted by Crippen LogP contribution is -2.44. The van der Waals surface area contributed by atoms with Crippen LogP contribution in [0, 0.1) is 5.92 Å². The van der Waals surface area contributed by atoms with Crippen molar-refractivity contribution in [2.45, 2.75) is 6.42 Å². The topological polar surface area (TPSA) is 55.8 Å². The lowest BCUT2D eigenvalue weighted by atomic mass is 9.77. The largest absolute Gasteiger partial charge is 0.493 e. The Hall–Kier alpha value is -1.59. The van der Waals surface area contributed by atoms with E-state index in [0.29, 0.717) is 19.1 Å². The Morgan fingerprint density at radius 3 is 2.50 bits per heavy atom. The van der Waals surface area contributed by atoms with Crippen molar-refractivity contribution in [3.8, 4) is 0 Å². The number of carboxylic acid groups (broad SMARTS) is 1. The Balaban J connectivity index is 1.97. The van der Waals surface area contributed by atoms with Crippen LogP contribution in [0.2, 0.25) is 0 Å². The van der Waals surface area contributed by atoms with Gasteiger partial charge < -0.3 is 14.4 Å². The zero-order valence-electron chi connectivity index (χ0n) is 10.0. The monoisotopic (exact) mass is 246 g/mol. The third kappa shape index (κ3) is 3.00. The molecule has 1 aromatic rings. The molecule has 1 fully saturated rings. The molecule has 0 bridgehead atoms. The molecule has 0 radical (unpaired) electrons. The normalized spacial score (nSPS) is 16.6. The lowest BCUT2D eigenvalue weighted by Gasteiger charge is -2.26. The third-order valence-corrected chi connectivity index (χ3v) is 2.90. The van der Waals surface area contributed by atoms with E-state index in [2.05, 4.69) is 6.58 Å². The van der Waals surface area contributed by atoms with Crippen LogP contribution in [0.1, 0.15) is 16.8 Å². The molecule has 0 aliphatic carbocycles. The van der Waals surface area contributed by atoms with Crippen LogP contribution in [0.5, 0.6) is 0 Å². The molecule has 0 saturated carbocycles. The molecule has 94 valence electrons. The van der Waals surface area contributed by atoms with Gasteiger partial charge in [0.15, 0.2) is 0 Å². The zero-order chi connectivity index (χ0) is 13.0. The van der Waals surface area contributed by atoms with Crippen molar-refractivity contribution in [2.75, 3.05) is 13.2 Å². The van der Waals surface area contributed by atoms with Gasteiger partial charge in [-0.25, -0.2) is 4.79 Å². The molecule has 0 amide bonds. The highest BCUT2D eigenvalue weighted by Crippen LogP contribution is 2.13. The molecule has 1 N–H and O–H groups in total. The second-order valence-corrected chi connectivity index (χ2v) is 4.32. The highest BCUT2D eigenvalue weighted by atomic mass is 16.6. The first kappa shape index (κ1) is 12.9. The van der Waals surface area contributed by atoms with Crippen LogP contribution in [0.25, 0.3) is 0 Å². The molecule has 5 heteroatoms. The molecule has 2 rings (SSSR count). The minimum Gasteiger partial charge on any atom is -0.478 e. The average molecular weight is 246 g/mol. The maximum Gasteiger partial charge on any atom is 0.493 e. The smallest absolute Gasteiger partial charge is 0.478 e. The second-order valence-electron chi connectivity index (χ2n) is 4.32. The van der Waals surface area contributed by atoms with Crippen molar-refractivity contribution in [2.24, 2.45) is 5.92 Å². The van der Waals surface area contributed by atoms with E-state index in [1.807, 2.05) is 6.08 Å². The first-order valence-corrected chi connectivity index (χ1v) is 5.88. The van der Waals surface area contributed by atoms with Crippen LogP contribution in [-0.4, -0.2) is 31.4 Å². The summed E-state index contributed by atoms with van der Waals surface area (Å²) in [6.07, 6.45) is 2.74. The first-order valence-electron chi connectivity index (χ1n) is 5.88. The summed E-state index contributed by atoms with van der Waals surface area (Å²) in [5.74, 6) is -0.574. The predicted octanol–water partition coefficient (Wildman–Crippen LogP) is 1.32. The minimum absolute atomic E-state index is 0.263. The fraction of sp³-hybridized carbons (Fsp3) is 0.308. The van der Waals surface area contributed by atoms with Gasteiger partial charge in [0.1, 0.15) is 0 Å². The van der Waals surface area contributed by atoms with Crippen molar-refractivity contribution >= 4 is 18.6 Å². The summed E-state index contributed by atoms with van der Waals surface area (Å²) < 4.78 is 11.2. The number of rotatable bonds is 4. The van der Waals surface area contributed by atoms with Gasteiger partial charge in [0, 0.05) is 19.1 Å².